The number of primary amides is 1. The molecule has 0 aliphatic heterocycles. The van der Waals surface area contributed by atoms with Crippen LogP contribution in [0.15, 0.2) is 36.4 Å². The number of hydrogen-bond donors (Lipinski definition) is 2. The Labute approximate surface area is 189 Å². The fourth-order valence-corrected chi connectivity index (χ4v) is 4.37. The minimum atomic E-state index is -0.735. The number of carbonyl (C=O) groups excluding carboxylic acids is 2. The molecule has 0 bridgehead atoms. The monoisotopic (exact) mass is 460 g/mol. The number of anilines is 2. The zero-order valence-electron chi connectivity index (χ0n) is 16.7. The molecule has 31 heavy (non-hydrogen) atoms. The quantitative estimate of drug-likeness (QED) is 0.472. The van der Waals surface area contributed by atoms with Gasteiger partial charge in [-0.05, 0) is 49.1 Å². The first kappa shape index (κ1) is 21.5. The normalized spacial score (nSPS) is 14.5. The van der Waals surface area contributed by atoms with Crippen LogP contribution in [0, 0.1) is 5.92 Å². The van der Waals surface area contributed by atoms with Crippen molar-refractivity contribution >= 4 is 57.9 Å². The molecule has 1 fully saturated rings. The largest absolute Gasteiger partial charge is 0.462 e. The van der Waals surface area contributed by atoms with E-state index in [1.165, 1.54) is 23.8 Å². The Morgan fingerprint density at radius 2 is 1.84 bits per heavy atom. The smallest absolute Gasteiger partial charge is 0.338 e. The maximum atomic E-state index is 12.5. The van der Waals surface area contributed by atoms with Gasteiger partial charge in [0.2, 0.25) is 5.95 Å². The number of esters is 1. The predicted octanol–water partition coefficient (Wildman–Crippen LogP) is 5.75. The molecule has 2 aromatic carbocycles. The standard InChI is InChI=1S/C22H22Cl2N4O3/c23-15-7-4-8-16(24)19(15)27-22-26-17-11-14(9-10-18(17)28(22)21(25)30)20(29)31-12-13-5-2-1-3-6-13/h4,7-11,13H,1-3,5-6,12H2,(H2,25,30)(H,26,27). The number of nitrogens with two attached hydrogens (primary N) is 1. The van der Waals surface area contributed by atoms with Gasteiger partial charge in [-0.3, -0.25) is 0 Å². The molecule has 1 aromatic heterocycles. The van der Waals surface area contributed by atoms with Crippen LogP contribution in [-0.2, 0) is 4.74 Å². The van der Waals surface area contributed by atoms with Crippen molar-refractivity contribution in [1.82, 2.24) is 9.55 Å². The number of para-hydroxylation sites is 1. The molecule has 0 unspecified atom stereocenters. The molecule has 0 radical (unpaired) electrons. The first-order chi connectivity index (χ1) is 14.9. The molecule has 0 atom stereocenters. The summed E-state index contributed by atoms with van der Waals surface area (Å²) in [5, 5.41) is 3.69. The Kier molecular flexibility index (Phi) is 6.34. The minimum Gasteiger partial charge on any atom is -0.462 e. The van der Waals surface area contributed by atoms with Crippen molar-refractivity contribution in [1.29, 1.82) is 0 Å². The van der Waals surface area contributed by atoms with Crippen LogP contribution in [0.3, 0.4) is 0 Å². The Bertz CT molecular complexity index is 1120. The lowest BCUT2D eigenvalue weighted by Crippen LogP contribution is -2.21. The molecule has 7 nitrogen and oxygen atoms in total. The highest BCUT2D eigenvalue weighted by atomic mass is 35.5. The molecular formula is C22H22Cl2N4O3. The van der Waals surface area contributed by atoms with E-state index in [1.54, 1.807) is 36.4 Å². The second-order valence-corrected chi connectivity index (χ2v) is 8.45. The highest BCUT2D eigenvalue weighted by molar-refractivity contribution is 6.39. The predicted molar refractivity (Wildman–Crippen MR) is 121 cm³/mol. The molecule has 9 heteroatoms. The number of nitrogens with one attached hydrogen (secondary N) is 1. The van der Waals surface area contributed by atoms with E-state index in [-0.39, 0.29) is 5.95 Å². The third-order valence-corrected chi connectivity index (χ3v) is 6.11. The van der Waals surface area contributed by atoms with Crippen molar-refractivity contribution in [2.45, 2.75) is 32.1 Å². The van der Waals surface area contributed by atoms with Crippen LogP contribution in [0.1, 0.15) is 42.5 Å². The average molecular weight is 461 g/mol. The van der Waals surface area contributed by atoms with E-state index in [1.807, 2.05) is 0 Å². The van der Waals surface area contributed by atoms with Crippen LogP contribution in [0.2, 0.25) is 10.0 Å². The summed E-state index contributed by atoms with van der Waals surface area (Å²) in [6, 6.07) is 9.08. The van der Waals surface area contributed by atoms with Crippen molar-refractivity contribution < 1.29 is 14.3 Å². The van der Waals surface area contributed by atoms with E-state index >= 15 is 0 Å². The van der Waals surface area contributed by atoms with E-state index < -0.39 is 12.0 Å². The minimum absolute atomic E-state index is 0.144. The summed E-state index contributed by atoms with van der Waals surface area (Å²) in [7, 11) is 0. The van der Waals surface area contributed by atoms with Gasteiger partial charge in [0.05, 0.1) is 38.9 Å². The number of rotatable bonds is 5. The van der Waals surface area contributed by atoms with Gasteiger partial charge in [0.15, 0.2) is 0 Å². The van der Waals surface area contributed by atoms with Crippen LogP contribution in [0.5, 0.6) is 0 Å². The molecule has 3 aromatic rings. The SMILES string of the molecule is NC(=O)n1c(Nc2c(Cl)cccc2Cl)nc2cc(C(=O)OCC3CCCCC3)ccc21. The van der Waals surface area contributed by atoms with Gasteiger partial charge in [0.25, 0.3) is 0 Å². The summed E-state index contributed by atoms with van der Waals surface area (Å²) >= 11 is 12.4. The van der Waals surface area contributed by atoms with Crippen LogP contribution >= 0.6 is 23.2 Å². The highest BCUT2D eigenvalue weighted by Crippen LogP contribution is 2.33. The van der Waals surface area contributed by atoms with Crippen molar-refractivity contribution in [3.8, 4) is 0 Å². The van der Waals surface area contributed by atoms with E-state index in [0.717, 1.165) is 12.8 Å². The fourth-order valence-electron chi connectivity index (χ4n) is 3.87. The fraction of sp³-hybridized carbons (Fsp3) is 0.318. The number of fused-ring (bicyclic) bond motifs is 1. The summed E-state index contributed by atoms with van der Waals surface area (Å²) in [5.41, 5.74) is 7.19. The van der Waals surface area contributed by atoms with Crippen molar-refractivity contribution in [3.63, 3.8) is 0 Å². The lowest BCUT2D eigenvalue weighted by atomic mass is 9.90. The molecule has 1 aliphatic rings. The molecule has 1 heterocycles. The van der Waals surface area contributed by atoms with E-state index in [0.29, 0.717) is 44.9 Å². The first-order valence-electron chi connectivity index (χ1n) is 10.1. The number of benzene rings is 2. The molecule has 0 saturated heterocycles. The van der Waals surface area contributed by atoms with Gasteiger partial charge in [-0.25, -0.2) is 19.1 Å². The molecule has 162 valence electrons. The highest BCUT2D eigenvalue weighted by Gasteiger charge is 2.20. The molecule has 1 saturated carbocycles. The third-order valence-electron chi connectivity index (χ3n) is 5.49. The second kappa shape index (κ2) is 9.16. The lowest BCUT2D eigenvalue weighted by Gasteiger charge is -2.21. The summed E-state index contributed by atoms with van der Waals surface area (Å²) in [6.07, 6.45) is 5.80. The van der Waals surface area contributed by atoms with E-state index in [9.17, 15) is 9.59 Å². The lowest BCUT2D eigenvalue weighted by molar-refractivity contribution is 0.0410. The van der Waals surface area contributed by atoms with Crippen molar-refractivity contribution in [2.24, 2.45) is 11.7 Å². The summed E-state index contributed by atoms with van der Waals surface area (Å²) < 4.78 is 6.71. The van der Waals surface area contributed by atoms with Crippen LogP contribution in [0.25, 0.3) is 11.0 Å². The number of hydrogen-bond acceptors (Lipinski definition) is 5. The molecule has 1 aliphatic carbocycles. The Balaban J connectivity index is 1.60. The summed E-state index contributed by atoms with van der Waals surface area (Å²) in [6.45, 7) is 0.421. The van der Waals surface area contributed by atoms with E-state index in [2.05, 4.69) is 10.3 Å². The van der Waals surface area contributed by atoms with Crippen LogP contribution < -0.4 is 11.1 Å². The molecule has 3 N–H and O–H groups in total. The number of nitrogens with zero attached hydrogens (tertiary/aromatic N) is 2. The zero-order valence-corrected chi connectivity index (χ0v) is 18.2. The molecule has 0 spiro atoms. The third kappa shape index (κ3) is 4.62. The Morgan fingerprint density at radius 1 is 1.13 bits per heavy atom. The van der Waals surface area contributed by atoms with Gasteiger partial charge in [0.1, 0.15) is 0 Å². The molecule has 1 amide bonds. The van der Waals surface area contributed by atoms with Gasteiger partial charge >= 0.3 is 12.0 Å². The van der Waals surface area contributed by atoms with Crippen molar-refractivity contribution in [2.75, 3.05) is 11.9 Å². The van der Waals surface area contributed by atoms with Gasteiger partial charge in [0, 0.05) is 0 Å². The summed E-state index contributed by atoms with van der Waals surface area (Å²) in [5.74, 6) is 0.154. The molecule has 4 rings (SSSR count). The number of aromatic nitrogens is 2. The van der Waals surface area contributed by atoms with Gasteiger partial charge in [-0.15, -0.1) is 0 Å². The topological polar surface area (TPSA) is 99.2 Å². The summed E-state index contributed by atoms with van der Waals surface area (Å²) in [4.78, 5) is 29.1. The zero-order chi connectivity index (χ0) is 22.0. The number of halogens is 2. The van der Waals surface area contributed by atoms with Crippen LogP contribution in [-0.4, -0.2) is 28.2 Å². The van der Waals surface area contributed by atoms with Gasteiger partial charge < -0.3 is 15.8 Å². The van der Waals surface area contributed by atoms with Crippen LogP contribution in [0.4, 0.5) is 16.4 Å². The van der Waals surface area contributed by atoms with Crippen molar-refractivity contribution in [3.05, 3.63) is 52.0 Å². The average Bonchev–Trinajstić information content (AvgIpc) is 3.13. The number of carbonyl (C=O) groups is 2. The number of amides is 1. The first-order valence-corrected chi connectivity index (χ1v) is 10.9. The Morgan fingerprint density at radius 3 is 2.52 bits per heavy atom. The maximum absolute atomic E-state index is 12.5. The van der Waals surface area contributed by atoms with Gasteiger partial charge in [-0.1, -0.05) is 48.5 Å². The van der Waals surface area contributed by atoms with E-state index in [4.69, 9.17) is 33.7 Å². The number of ether oxygens (including phenoxy) is 1. The molecular weight excluding hydrogens is 439 g/mol. The van der Waals surface area contributed by atoms with Gasteiger partial charge in [-0.2, -0.15) is 0 Å². The Hall–Kier alpha value is -2.77. The second-order valence-electron chi connectivity index (χ2n) is 7.64. The number of imidazole rings is 1. The maximum Gasteiger partial charge on any atom is 0.338 e.